The predicted molar refractivity (Wildman–Crippen MR) is 76.2 cm³/mol. The molecule has 0 heterocycles. The Bertz CT molecular complexity index is 483. The molecular weight excluding hydrogens is 260 g/mol. The lowest BCUT2D eigenvalue weighted by Gasteiger charge is -2.36. The predicted octanol–water partition coefficient (Wildman–Crippen LogP) is 3.34. The van der Waals surface area contributed by atoms with Crippen LogP contribution in [0, 0.1) is 0 Å². The summed E-state index contributed by atoms with van der Waals surface area (Å²) < 4.78 is 6.04. The fraction of sp³-hybridized carbons (Fsp3) is 0.429. The average Bonchev–Trinajstić information content (AvgIpc) is 2.27. The number of benzene rings is 1. The van der Waals surface area contributed by atoms with Gasteiger partial charge < -0.3 is 9.53 Å². The molecule has 1 aromatic rings. The molecular formula is C14H20O4Si. The number of carboxylic acids is 1. The molecule has 0 fully saturated rings. The Kier molecular flexibility index (Phi) is 4.20. The number of rotatable bonds is 4. The zero-order valence-electron chi connectivity index (χ0n) is 12.0. The lowest BCUT2D eigenvalue weighted by Crippen LogP contribution is -2.43. The van der Waals surface area contributed by atoms with Crippen molar-refractivity contribution in [2.75, 3.05) is 0 Å². The van der Waals surface area contributed by atoms with Crippen LogP contribution >= 0.6 is 0 Å². The van der Waals surface area contributed by atoms with Gasteiger partial charge in [0.15, 0.2) is 0 Å². The first-order valence-corrected chi connectivity index (χ1v) is 9.02. The maximum Gasteiger partial charge on any atom is 0.377 e. The van der Waals surface area contributed by atoms with Crippen LogP contribution in [-0.4, -0.2) is 25.2 Å². The molecule has 0 aliphatic carbocycles. The molecule has 0 radical (unpaired) electrons. The van der Waals surface area contributed by atoms with Crippen LogP contribution in [0.5, 0.6) is 5.75 Å². The van der Waals surface area contributed by atoms with Crippen molar-refractivity contribution in [1.82, 2.24) is 0 Å². The average molecular weight is 280 g/mol. The van der Waals surface area contributed by atoms with Gasteiger partial charge in [-0.1, -0.05) is 20.8 Å². The summed E-state index contributed by atoms with van der Waals surface area (Å²) >= 11 is 0. The van der Waals surface area contributed by atoms with Crippen molar-refractivity contribution in [3.05, 3.63) is 29.8 Å². The van der Waals surface area contributed by atoms with Crippen molar-refractivity contribution in [3.63, 3.8) is 0 Å². The second-order valence-corrected chi connectivity index (χ2v) is 10.7. The number of carbonyl (C=O) groups is 2. The molecule has 5 heteroatoms. The van der Waals surface area contributed by atoms with Gasteiger partial charge in [-0.05, 0) is 42.4 Å². The van der Waals surface area contributed by atoms with E-state index in [1.165, 1.54) is 12.1 Å². The summed E-state index contributed by atoms with van der Waals surface area (Å²) in [5, 5.41) is 8.71. The molecule has 0 amide bonds. The van der Waals surface area contributed by atoms with Crippen LogP contribution in [0.2, 0.25) is 18.1 Å². The SMILES string of the molecule is CC(C)(C)[Si](C)(C)Oc1ccc(C(=O)C(=O)O)cc1. The Labute approximate surface area is 114 Å². The van der Waals surface area contributed by atoms with E-state index in [1.54, 1.807) is 12.1 Å². The third kappa shape index (κ3) is 3.67. The summed E-state index contributed by atoms with van der Waals surface area (Å²) in [6, 6.07) is 6.27. The minimum Gasteiger partial charge on any atom is -0.544 e. The Morgan fingerprint density at radius 1 is 1.11 bits per heavy atom. The molecule has 0 saturated heterocycles. The summed E-state index contributed by atoms with van der Waals surface area (Å²) in [5.74, 6) is -1.68. The highest BCUT2D eigenvalue weighted by molar-refractivity contribution is 6.74. The summed E-state index contributed by atoms with van der Waals surface area (Å²) in [6.45, 7) is 10.7. The van der Waals surface area contributed by atoms with Crippen molar-refractivity contribution < 1.29 is 19.1 Å². The van der Waals surface area contributed by atoms with Gasteiger partial charge in [0, 0.05) is 5.56 Å². The lowest BCUT2D eigenvalue weighted by atomic mass is 10.1. The first-order chi connectivity index (χ1) is 8.54. The van der Waals surface area contributed by atoms with Crippen LogP contribution in [0.1, 0.15) is 31.1 Å². The van der Waals surface area contributed by atoms with Crippen molar-refractivity contribution >= 4 is 20.1 Å². The minimum absolute atomic E-state index is 0.0859. The van der Waals surface area contributed by atoms with Crippen molar-refractivity contribution in [2.24, 2.45) is 0 Å². The van der Waals surface area contributed by atoms with Gasteiger partial charge in [-0.3, -0.25) is 4.79 Å². The van der Waals surface area contributed by atoms with Crippen molar-refractivity contribution in [2.45, 2.75) is 38.9 Å². The molecule has 0 aromatic heterocycles. The highest BCUT2D eigenvalue weighted by atomic mass is 28.4. The molecule has 1 N–H and O–H groups in total. The first-order valence-electron chi connectivity index (χ1n) is 6.11. The minimum atomic E-state index is -1.91. The van der Waals surface area contributed by atoms with Crippen LogP contribution in [0.25, 0.3) is 0 Å². The number of aliphatic carboxylic acids is 1. The molecule has 0 spiro atoms. The molecule has 0 unspecified atom stereocenters. The zero-order chi connectivity index (χ0) is 14.8. The fourth-order valence-corrected chi connectivity index (χ4v) is 2.28. The van der Waals surface area contributed by atoms with E-state index >= 15 is 0 Å². The number of hydrogen-bond acceptors (Lipinski definition) is 3. The van der Waals surface area contributed by atoms with Gasteiger partial charge in [0.2, 0.25) is 8.32 Å². The van der Waals surface area contributed by atoms with E-state index in [9.17, 15) is 9.59 Å². The smallest absolute Gasteiger partial charge is 0.377 e. The maximum absolute atomic E-state index is 11.3. The quantitative estimate of drug-likeness (QED) is 0.522. The molecule has 4 nitrogen and oxygen atoms in total. The van der Waals surface area contributed by atoms with E-state index in [4.69, 9.17) is 9.53 Å². The molecule has 0 bridgehead atoms. The number of carbonyl (C=O) groups excluding carboxylic acids is 1. The molecule has 0 saturated carbocycles. The standard InChI is InChI=1S/C14H20O4Si/c1-14(2,3)19(4,5)18-11-8-6-10(7-9-11)12(15)13(16)17/h6-9H,1-5H3,(H,16,17). The monoisotopic (exact) mass is 280 g/mol. The number of ketones is 1. The maximum atomic E-state index is 11.3. The normalized spacial score (nSPS) is 12.1. The molecule has 19 heavy (non-hydrogen) atoms. The highest BCUT2D eigenvalue weighted by Gasteiger charge is 2.38. The largest absolute Gasteiger partial charge is 0.544 e. The molecule has 1 rings (SSSR count). The molecule has 104 valence electrons. The van der Waals surface area contributed by atoms with Crippen LogP contribution in [0.4, 0.5) is 0 Å². The van der Waals surface area contributed by atoms with Gasteiger partial charge >= 0.3 is 5.97 Å². The van der Waals surface area contributed by atoms with E-state index < -0.39 is 20.1 Å². The van der Waals surface area contributed by atoms with Gasteiger partial charge in [-0.25, -0.2) is 4.79 Å². The Morgan fingerprint density at radius 2 is 1.58 bits per heavy atom. The summed E-state index contributed by atoms with van der Waals surface area (Å²) in [4.78, 5) is 21.8. The third-order valence-corrected chi connectivity index (χ3v) is 7.85. The Morgan fingerprint density at radius 3 is 1.95 bits per heavy atom. The second-order valence-electron chi connectivity index (χ2n) is 6.02. The van der Waals surface area contributed by atoms with Crippen LogP contribution in [-0.2, 0) is 4.79 Å². The topological polar surface area (TPSA) is 63.6 Å². The first kappa shape index (κ1) is 15.4. The highest BCUT2D eigenvalue weighted by Crippen LogP contribution is 2.37. The van der Waals surface area contributed by atoms with E-state index in [0.29, 0.717) is 5.75 Å². The van der Waals surface area contributed by atoms with Gasteiger partial charge in [-0.2, -0.15) is 0 Å². The second kappa shape index (κ2) is 5.17. The van der Waals surface area contributed by atoms with E-state index in [0.717, 1.165) is 0 Å². The van der Waals surface area contributed by atoms with E-state index in [1.807, 2.05) is 0 Å². The summed E-state index contributed by atoms with van der Waals surface area (Å²) in [7, 11) is -1.91. The Balaban J connectivity index is 2.90. The van der Waals surface area contributed by atoms with Crippen LogP contribution < -0.4 is 4.43 Å². The van der Waals surface area contributed by atoms with Crippen LogP contribution in [0.3, 0.4) is 0 Å². The van der Waals surface area contributed by atoms with Crippen molar-refractivity contribution in [3.8, 4) is 5.75 Å². The molecule has 0 aliphatic rings. The number of carboxylic acid groups (broad SMARTS) is 1. The van der Waals surface area contributed by atoms with Crippen LogP contribution in [0.15, 0.2) is 24.3 Å². The number of hydrogen-bond donors (Lipinski definition) is 1. The van der Waals surface area contributed by atoms with E-state index in [-0.39, 0.29) is 10.6 Å². The third-order valence-electron chi connectivity index (χ3n) is 3.49. The van der Waals surface area contributed by atoms with E-state index in [2.05, 4.69) is 33.9 Å². The van der Waals surface area contributed by atoms with Crippen molar-refractivity contribution in [1.29, 1.82) is 0 Å². The fourth-order valence-electron chi connectivity index (χ4n) is 1.25. The summed E-state index contributed by atoms with van der Waals surface area (Å²) in [5.41, 5.74) is 0.162. The summed E-state index contributed by atoms with van der Waals surface area (Å²) in [6.07, 6.45) is 0. The van der Waals surface area contributed by atoms with Gasteiger partial charge in [0.05, 0.1) is 0 Å². The molecule has 0 aliphatic heterocycles. The van der Waals surface area contributed by atoms with Gasteiger partial charge in [-0.15, -0.1) is 0 Å². The lowest BCUT2D eigenvalue weighted by molar-refractivity contribution is -0.131. The molecule has 1 aromatic carbocycles. The van der Waals surface area contributed by atoms with Gasteiger partial charge in [0.25, 0.3) is 5.78 Å². The Hall–Kier alpha value is -1.62. The zero-order valence-corrected chi connectivity index (χ0v) is 13.0. The van der Waals surface area contributed by atoms with Gasteiger partial charge in [0.1, 0.15) is 5.75 Å². The number of Topliss-reactive ketones (excluding diaryl/α,β-unsaturated/α-hetero) is 1. The molecule has 0 atom stereocenters.